The molecule has 0 aliphatic carbocycles. The molecule has 94 valence electrons. The van der Waals surface area contributed by atoms with Crippen molar-refractivity contribution in [3.8, 4) is 0 Å². The van der Waals surface area contributed by atoms with E-state index in [1.807, 2.05) is 14.0 Å². The molecule has 3 heteroatoms. The van der Waals surface area contributed by atoms with Crippen LogP contribution in [0, 0.1) is 20.8 Å². The highest BCUT2D eigenvalue weighted by Crippen LogP contribution is 2.29. The maximum atomic E-state index is 10.7. The molecule has 0 bridgehead atoms. The fourth-order valence-corrected chi connectivity index (χ4v) is 2.36. The van der Waals surface area contributed by atoms with Gasteiger partial charge in [0, 0.05) is 29.8 Å². The lowest BCUT2D eigenvalue weighted by molar-refractivity contribution is -0.131. The average Bonchev–Trinajstić information content (AvgIpc) is 2.55. The number of aliphatic carboxylic acids is 1. The second kappa shape index (κ2) is 4.33. The van der Waals surface area contributed by atoms with E-state index in [2.05, 4.69) is 30.5 Å². The fourth-order valence-electron chi connectivity index (χ4n) is 2.36. The van der Waals surface area contributed by atoms with E-state index in [1.165, 1.54) is 22.7 Å². The Bertz CT molecular complexity index is 663. The van der Waals surface area contributed by atoms with E-state index in [4.69, 9.17) is 5.11 Å². The molecule has 0 spiro atoms. The van der Waals surface area contributed by atoms with Crippen LogP contribution in [-0.4, -0.2) is 15.6 Å². The minimum atomic E-state index is -0.921. The zero-order valence-corrected chi connectivity index (χ0v) is 11.1. The number of nitrogens with zero attached hydrogens (tertiary/aromatic N) is 1. The molecule has 0 amide bonds. The molecule has 0 aliphatic heterocycles. The van der Waals surface area contributed by atoms with Gasteiger partial charge in [-0.3, -0.25) is 0 Å². The summed E-state index contributed by atoms with van der Waals surface area (Å²) in [6, 6.07) is 4.14. The van der Waals surface area contributed by atoms with Crippen LogP contribution in [0.2, 0.25) is 0 Å². The first-order valence-electron chi connectivity index (χ1n) is 5.89. The lowest BCUT2D eigenvalue weighted by Gasteiger charge is -2.05. The molecule has 0 atom stereocenters. The predicted octanol–water partition coefficient (Wildman–Crippen LogP) is 3.20. The van der Waals surface area contributed by atoms with Crippen LogP contribution in [0.4, 0.5) is 0 Å². The predicted molar refractivity (Wildman–Crippen MR) is 73.8 cm³/mol. The lowest BCUT2D eigenvalue weighted by atomic mass is 10.0. The largest absolute Gasteiger partial charge is 0.478 e. The molecule has 2 aromatic rings. The van der Waals surface area contributed by atoms with Gasteiger partial charge >= 0.3 is 5.97 Å². The summed E-state index contributed by atoms with van der Waals surface area (Å²) in [5.41, 5.74) is 5.73. The Morgan fingerprint density at radius 1 is 1.28 bits per heavy atom. The standard InChI is InChI=1S/C15H17NO2/c1-9-5-6-13-12(7-8-14(17)18)11(3)16(4)15(13)10(9)2/h5-8H,1-4H3,(H,17,18)/b8-7+. The van der Waals surface area contributed by atoms with Gasteiger partial charge < -0.3 is 9.67 Å². The average molecular weight is 243 g/mol. The summed E-state index contributed by atoms with van der Waals surface area (Å²) in [6.45, 7) is 6.20. The van der Waals surface area contributed by atoms with Crippen LogP contribution in [0.3, 0.4) is 0 Å². The van der Waals surface area contributed by atoms with Gasteiger partial charge in [0.25, 0.3) is 0 Å². The van der Waals surface area contributed by atoms with Crippen molar-refractivity contribution in [2.75, 3.05) is 0 Å². The molecule has 1 aromatic heterocycles. The van der Waals surface area contributed by atoms with E-state index in [-0.39, 0.29) is 0 Å². The number of carbonyl (C=O) groups is 1. The van der Waals surface area contributed by atoms with Gasteiger partial charge in [0.2, 0.25) is 0 Å². The molecule has 18 heavy (non-hydrogen) atoms. The molecule has 0 fully saturated rings. The summed E-state index contributed by atoms with van der Waals surface area (Å²) in [5.74, 6) is -0.921. The molecule has 1 heterocycles. The highest BCUT2D eigenvalue weighted by atomic mass is 16.4. The van der Waals surface area contributed by atoms with E-state index in [0.29, 0.717) is 0 Å². The van der Waals surface area contributed by atoms with Gasteiger partial charge in [-0.25, -0.2) is 4.79 Å². The SMILES string of the molecule is Cc1ccc2c(/C=C/C(=O)O)c(C)n(C)c2c1C. The molecule has 0 aliphatic rings. The summed E-state index contributed by atoms with van der Waals surface area (Å²) in [7, 11) is 2.02. The van der Waals surface area contributed by atoms with Gasteiger partial charge in [-0.1, -0.05) is 12.1 Å². The highest BCUT2D eigenvalue weighted by Gasteiger charge is 2.12. The Hall–Kier alpha value is -2.03. The van der Waals surface area contributed by atoms with Crippen LogP contribution in [0.25, 0.3) is 17.0 Å². The topological polar surface area (TPSA) is 42.2 Å². The van der Waals surface area contributed by atoms with Crippen molar-refractivity contribution >= 4 is 22.9 Å². The molecule has 1 aromatic carbocycles. The molecule has 3 nitrogen and oxygen atoms in total. The smallest absolute Gasteiger partial charge is 0.328 e. The Balaban J connectivity index is 2.80. The first kappa shape index (κ1) is 12.4. The minimum absolute atomic E-state index is 0.921. The van der Waals surface area contributed by atoms with E-state index in [9.17, 15) is 4.79 Å². The minimum Gasteiger partial charge on any atom is -0.478 e. The summed E-state index contributed by atoms with van der Waals surface area (Å²) in [6.07, 6.45) is 2.87. The van der Waals surface area contributed by atoms with Crippen molar-refractivity contribution < 1.29 is 9.90 Å². The van der Waals surface area contributed by atoms with Crippen molar-refractivity contribution in [3.05, 3.63) is 40.6 Å². The first-order valence-corrected chi connectivity index (χ1v) is 5.89. The number of carboxylic acid groups (broad SMARTS) is 1. The van der Waals surface area contributed by atoms with Gasteiger partial charge in [-0.05, 0) is 38.0 Å². The van der Waals surface area contributed by atoms with Gasteiger partial charge in [0.1, 0.15) is 0 Å². The lowest BCUT2D eigenvalue weighted by Crippen LogP contribution is -1.93. The molecule has 2 rings (SSSR count). The molecule has 0 radical (unpaired) electrons. The Morgan fingerprint density at radius 3 is 2.56 bits per heavy atom. The molecular formula is C15H17NO2. The van der Waals surface area contributed by atoms with Gasteiger partial charge in [-0.2, -0.15) is 0 Å². The number of aromatic nitrogens is 1. The van der Waals surface area contributed by atoms with E-state index in [0.717, 1.165) is 16.6 Å². The third-order valence-electron chi connectivity index (χ3n) is 3.61. The van der Waals surface area contributed by atoms with Gasteiger partial charge in [-0.15, -0.1) is 0 Å². The van der Waals surface area contributed by atoms with Crippen LogP contribution in [0.1, 0.15) is 22.4 Å². The molecule has 0 saturated heterocycles. The van der Waals surface area contributed by atoms with Crippen LogP contribution in [0.15, 0.2) is 18.2 Å². The van der Waals surface area contributed by atoms with E-state index >= 15 is 0 Å². The Labute approximate surface area is 106 Å². The number of fused-ring (bicyclic) bond motifs is 1. The maximum absolute atomic E-state index is 10.7. The van der Waals surface area contributed by atoms with E-state index in [1.54, 1.807) is 6.08 Å². The third-order valence-corrected chi connectivity index (χ3v) is 3.61. The zero-order valence-electron chi connectivity index (χ0n) is 11.1. The second-order valence-electron chi connectivity index (χ2n) is 4.63. The highest BCUT2D eigenvalue weighted by molar-refractivity contribution is 5.96. The number of hydrogen-bond donors (Lipinski definition) is 1. The number of aryl methyl sites for hydroxylation is 3. The zero-order chi connectivity index (χ0) is 13.4. The normalized spacial score (nSPS) is 11.6. The summed E-state index contributed by atoms with van der Waals surface area (Å²) in [5, 5.41) is 9.86. The number of benzene rings is 1. The number of rotatable bonds is 2. The van der Waals surface area contributed by atoms with E-state index < -0.39 is 5.97 Å². The van der Waals surface area contributed by atoms with Crippen molar-refractivity contribution in [3.63, 3.8) is 0 Å². The molecule has 0 unspecified atom stereocenters. The first-order chi connectivity index (χ1) is 8.43. The van der Waals surface area contributed by atoms with Gasteiger partial charge in [0.05, 0.1) is 5.52 Å². The Kier molecular flexibility index (Phi) is 2.99. The number of carboxylic acids is 1. The Morgan fingerprint density at radius 2 is 1.94 bits per heavy atom. The maximum Gasteiger partial charge on any atom is 0.328 e. The summed E-state index contributed by atoms with van der Waals surface area (Å²) in [4.78, 5) is 10.7. The van der Waals surface area contributed by atoms with Crippen LogP contribution in [0.5, 0.6) is 0 Å². The summed E-state index contributed by atoms with van der Waals surface area (Å²) >= 11 is 0. The second-order valence-corrected chi connectivity index (χ2v) is 4.63. The third kappa shape index (κ3) is 1.82. The van der Waals surface area contributed by atoms with Crippen LogP contribution >= 0.6 is 0 Å². The van der Waals surface area contributed by atoms with Crippen molar-refractivity contribution in [2.45, 2.75) is 20.8 Å². The quantitative estimate of drug-likeness (QED) is 0.823. The monoisotopic (exact) mass is 243 g/mol. The van der Waals surface area contributed by atoms with Crippen molar-refractivity contribution in [1.29, 1.82) is 0 Å². The van der Waals surface area contributed by atoms with Crippen LogP contribution in [-0.2, 0) is 11.8 Å². The van der Waals surface area contributed by atoms with Crippen molar-refractivity contribution in [2.24, 2.45) is 7.05 Å². The van der Waals surface area contributed by atoms with Crippen molar-refractivity contribution in [1.82, 2.24) is 4.57 Å². The fraction of sp³-hybridized carbons (Fsp3) is 0.267. The van der Waals surface area contributed by atoms with Crippen LogP contribution < -0.4 is 0 Å². The molecule has 1 N–H and O–H groups in total. The van der Waals surface area contributed by atoms with Gasteiger partial charge in [0.15, 0.2) is 0 Å². The molecular weight excluding hydrogens is 226 g/mol. The number of hydrogen-bond acceptors (Lipinski definition) is 1. The molecule has 0 saturated carbocycles. The summed E-state index contributed by atoms with van der Waals surface area (Å²) < 4.78 is 2.12.